The van der Waals surface area contributed by atoms with E-state index in [0.717, 1.165) is 54.1 Å². The van der Waals surface area contributed by atoms with Gasteiger partial charge in [-0.2, -0.15) is 5.10 Å². The number of thiocarbonyl (C=S) groups is 1. The molecule has 2 heterocycles. The van der Waals surface area contributed by atoms with Crippen LogP contribution in [-0.4, -0.2) is 38.1 Å². The van der Waals surface area contributed by atoms with E-state index in [0.29, 0.717) is 15.8 Å². The van der Waals surface area contributed by atoms with E-state index in [1.54, 1.807) is 4.90 Å². The molecule has 1 saturated heterocycles. The van der Waals surface area contributed by atoms with Crippen molar-refractivity contribution >= 4 is 40.3 Å². The summed E-state index contributed by atoms with van der Waals surface area (Å²) in [7, 11) is 0. The minimum absolute atomic E-state index is 0.0123. The first-order chi connectivity index (χ1) is 18.6. The summed E-state index contributed by atoms with van der Waals surface area (Å²) in [4.78, 5) is 15.6. The van der Waals surface area contributed by atoms with Crippen LogP contribution in [0.25, 0.3) is 23.0 Å². The number of thioether (sulfide) groups is 1. The first-order valence-corrected chi connectivity index (χ1v) is 15.0. The van der Waals surface area contributed by atoms with Crippen molar-refractivity contribution in [3.63, 3.8) is 0 Å². The third-order valence-corrected chi connectivity index (χ3v) is 7.93. The van der Waals surface area contributed by atoms with Crippen molar-refractivity contribution in [3.05, 3.63) is 71.3 Å². The van der Waals surface area contributed by atoms with Gasteiger partial charge in [0.2, 0.25) is 0 Å². The van der Waals surface area contributed by atoms with Crippen molar-refractivity contribution in [2.24, 2.45) is 0 Å². The zero-order valence-corrected chi connectivity index (χ0v) is 24.0. The molecule has 1 aromatic heterocycles. The quantitative estimate of drug-likeness (QED) is 0.115. The number of ether oxygens (including phenoxy) is 1. The molecule has 0 aliphatic carbocycles. The number of carbonyl (C=O) groups excluding carboxylic acids is 1. The Morgan fingerprint density at radius 3 is 2.34 bits per heavy atom. The van der Waals surface area contributed by atoms with Crippen LogP contribution in [0.4, 0.5) is 0 Å². The minimum Gasteiger partial charge on any atom is -0.494 e. The van der Waals surface area contributed by atoms with E-state index in [1.807, 2.05) is 71.6 Å². The molecule has 5 nitrogen and oxygen atoms in total. The second-order valence-corrected chi connectivity index (χ2v) is 11.2. The highest BCUT2D eigenvalue weighted by Crippen LogP contribution is 2.35. The van der Waals surface area contributed by atoms with Gasteiger partial charge in [0.1, 0.15) is 10.1 Å². The van der Waals surface area contributed by atoms with Gasteiger partial charge in [0.25, 0.3) is 5.91 Å². The highest BCUT2D eigenvalue weighted by atomic mass is 32.2. The summed E-state index contributed by atoms with van der Waals surface area (Å²) in [6.45, 7) is 5.80. The van der Waals surface area contributed by atoms with E-state index in [2.05, 4.69) is 13.8 Å². The van der Waals surface area contributed by atoms with Gasteiger partial charge in [-0.15, -0.1) is 0 Å². The Morgan fingerprint density at radius 1 is 0.921 bits per heavy atom. The van der Waals surface area contributed by atoms with Gasteiger partial charge >= 0.3 is 0 Å². The summed E-state index contributed by atoms with van der Waals surface area (Å²) in [6, 6.07) is 18.1. The number of hydrogen-bond donors (Lipinski definition) is 0. The number of nitrogens with zero attached hydrogens (tertiary/aromatic N) is 3. The normalized spacial score (nSPS) is 14.6. The lowest BCUT2D eigenvalue weighted by molar-refractivity contribution is -0.122. The minimum atomic E-state index is -0.0123. The first kappa shape index (κ1) is 28.1. The Morgan fingerprint density at radius 2 is 1.63 bits per heavy atom. The summed E-state index contributed by atoms with van der Waals surface area (Å²) in [5, 5.41) is 4.92. The number of rotatable bonds is 14. The number of benzene rings is 2. The number of aromatic nitrogens is 2. The Balaban J connectivity index is 1.57. The Bertz CT molecular complexity index is 1240. The molecule has 0 saturated carbocycles. The van der Waals surface area contributed by atoms with Gasteiger partial charge in [-0.25, -0.2) is 4.68 Å². The van der Waals surface area contributed by atoms with Crippen LogP contribution in [0.15, 0.2) is 65.7 Å². The van der Waals surface area contributed by atoms with E-state index in [1.165, 1.54) is 43.9 Å². The van der Waals surface area contributed by atoms with Crippen molar-refractivity contribution in [2.45, 2.75) is 65.2 Å². The van der Waals surface area contributed by atoms with Crippen molar-refractivity contribution in [1.29, 1.82) is 0 Å². The van der Waals surface area contributed by atoms with Gasteiger partial charge in [-0.05, 0) is 55.3 Å². The molecule has 3 aromatic rings. The smallest absolute Gasteiger partial charge is 0.266 e. The molecule has 0 N–H and O–H groups in total. The molecule has 0 spiro atoms. The van der Waals surface area contributed by atoms with Crippen molar-refractivity contribution in [3.8, 4) is 22.7 Å². The summed E-state index contributed by atoms with van der Waals surface area (Å²) in [5.41, 5.74) is 3.63. The first-order valence-electron chi connectivity index (χ1n) is 13.7. The van der Waals surface area contributed by atoms with Crippen LogP contribution in [0.1, 0.15) is 70.8 Å². The van der Waals surface area contributed by atoms with E-state index in [4.69, 9.17) is 22.1 Å². The van der Waals surface area contributed by atoms with Gasteiger partial charge < -0.3 is 4.74 Å². The summed E-state index contributed by atoms with van der Waals surface area (Å²) < 4.78 is 8.44. The molecule has 1 amide bonds. The Labute approximate surface area is 236 Å². The predicted molar refractivity (Wildman–Crippen MR) is 163 cm³/mol. The average molecular weight is 548 g/mol. The molecule has 1 aliphatic heterocycles. The maximum Gasteiger partial charge on any atom is 0.266 e. The SMILES string of the molecule is CCCCCCOc1ccc(-c2nn(-c3ccccc3)cc2/C=C2\SC(=S)N(CCCCCC)C2=O)cc1. The highest BCUT2D eigenvalue weighted by Gasteiger charge is 2.32. The predicted octanol–water partition coefficient (Wildman–Crippen LogP) is 8.28. The highest BCUT2D eigenvalue weighted by molar-refractivity contribution is 8.26. The second kappa shape index (κ2) is 14.3. The van der Waals surface area contributed by atoms with Gasteiger partial charge in [-0.3, -0.25) is 9.69 Å². The van der Waals surface area contributed by atoms with Crippen molar-refractivity contribution < 1.29 is 9.53 Å². The number of carbonyl (C=O) groups is 1. The average Bonchev–Trinajstić information content (AvgIpc) is 3.48. The molecule has 4 rings (SSSR count). The van der Waals surface area contributed by atoms with Gasteiger partial charge in [0, 0.05) is 23.9 Å². The maximum absolute atomic E-state index is 13.2. The molecule has 2 aromatic carbocycles. The van der Waals surface area contributed by atoms with E-state index < -0.39 is 0 Å². The topological polar surface area (TPSA) is 47.4 Å². The van der Waals surface area contributed by atoms with Gasteiger partial charge in [0.05, 0.1) is 22.9 Å². The van der Waals surface area contributed by atoms with Crippen LogP contribution in [0, 0.1) is 0 Å². The molecule has 0 unspecified atom stereocenters. The molecular weight excluding hydrogens is 510 g/mol. The lowest BCUT2D eigenvalue weighted by Crippen LogP contribution is -2.29. The third kappa shape index (κ3) is 7.35. The third-order valence-electron chi connectivity index (χ3n) is 6.55. The molecule has 7 heteroatoms. The molecule has 1 aliphatic rings. The Hall–Kier alpha value is -2.90. The fraction of sp³-hybridized carbons (Fsp3) is 0.387. The number of hydrogen-bond acceptors (Lipinski definition) is 5. The van der Waals surface area contributed by atoms with Crippen LogP contribution >= 0.6 is 24.0 Å². The fourth-order valence-corrected chi connectivity index (χ4v) is 5.69. The lowest BCUT2D eigenvalue weighted by atomic mass is 10.1. The number of unbranched alkanes of at least 4 members (excludes halogenated alkanes) is 6. The lowest BCUT2D eigenvalue weighted by Gasteiger charge is -2.13. The fourth-order valence-electron chi connectivity index (χ4n) is 4.39. The number of para-hydroxylation sites is 1. The van der Waals surface area contributed by atoms with Crippen LogP contribution in [0.5, 0.6) is 5.75 Å². The van der Waals surface area contributed by atoms with Crippen molar-refractivity contribution in [2.75, 3.05) is 13.2 Å². The summed E-state index contributed by atoms with van der Waals surface area (Å²) >= 11 is 6.94. The van der Waals surface area contributed by atoms with E-state index in [-0.39, 0.29) is 5.91 Å². The van der Waals surface area contributed by atoms with Crippen molar-refractivity contribution in [1.82, 2.24) is 14.7 Å². The van der Waals surface area contributed by atoms with Crippen LogP contribution in [0.2, 0.25) is 0 Å². The molecule has 0 radical (unpaired) electrons. The standard InChI is InChI=1S/C31H37N3O2S2/c1-3-5-7-12-20-33-30(35)28(38-31(33)37)22-25-23-34(26-14-10-9-11-15-26)32-29(25)24-16-18-27(19-17-24)36-21-13-8-6-4-2/h9-11,14-19,22-23H,3-8,12-13,20-21H2,1-2H3/b28-22-. The van der Waals surface area contributed by atoms with Gasteiger partial charge in [-0.1, -0.05) is 94.6 Å². The summed E-state index contributed by atoms with van der Waals surface area (Å²) in [6.07, 6.45) is 13.1. The second-order valence-electron chi connectivity index (χ2n) is 9.54. The largest absolute Gasteiger partial charge is 0.494 e. The van der Waals surface area contributed by atoms with Crippen LogP contribution in [0.3, 0.4) is 0 Å². The maximum atomic E-state index is 13.2. The zero-order valence-electron chi connectivity index (χ0n) is 22.4. The van der Waals surface area contributed by atoms with E-state index in [9.17, 15) is 4.79 Å². The monoisotopic (exact) mass is 547 g/mol. The number of amides is 1. The van der Waals surface area contributed by atoms with Crippen LogP contribution in [-0.2, 0) is 4.79 Å². The van der Waals surface area contributed by atoms with Crippen LogP contribution < -0.4 is 4.74 Å². The molecule has 0 atom stereocenters. The zero-order chi connectivity index (χ0) is 26.7. The van der Waals surface area contributed by atoms with Gasteiger partial charge in [0.15, 0.2) is 0 Å². The Kier molecular flexibility index (Phi) is 10.6. The molecule has 1 fully saturated rings. The molecule has 38 heavy (non-hydrogen) atoms. The molecular formula is C31H37N3O2S2. The molecule has 0 bridgehead atoms. The summed E-state index contributed by atoms with van der Waals surface area (Å²) in [5.74, 6) is 0.847. The van der Waals surface area contributed by atoms with E-state index >= 15 is 0 Å². The molecule has 200 valence electrons.